The molecule has 11 heteroatoms. The number of nitrogens with zero attached hydrogens (tertiary/aromatic N) is 5. The van der Waals surface area contributed by atoms with Crippen molar-refractivity contribution in [3.63, 3.8) is 0 Å². The van der Waals surface area contributed by atoms with Crippen LogP contribution in [0.1, 0.15) is 47.2 Å². The monoisotopic (exact) mass is 529 g/mol. The largest absolute Gasteiger partial charge is 0.416 e. The topological polar surface area (TPSA) is 35.5 Å². The summed E-state index contributed by atoms with van der Waals surface area (Å²) in [6.45, 7) is 7.92. The number of likely N-dealkylation sites (N-methyl/N-ethyl adjacent to an activating group) is 1. The number of hydrogen-bond donors (Lipinski definition) is 0. The molecule has 37 heavy (non-hydrogen) atoms. The molecule has 0 amide bonds. The Morgan fingerprint density at radius 2 is 1.41 bits per heavy atom. The lowest BCUT2D eigenvalue weighted by Gasteiger charge is -2.43. The summed E-state index contributed by atoms with van der Waals surface area (Å²) in [5, 5.41) is 0. The van der Waals surface area contributed by atoms with Gasteiger partial charge in [0, 0.05) is 57.9 Å². The first-order valence-corrected chi connectivity index (χ1v) is 12.7. The van der Waals surface area contributed by atoms with Crippen molar-refractivity contribution in [2.45, 2.75) is 57.4 Å². The van der Waals surface area contributed by atoms with E-state index in [2.05, 4.69) is 32.9 Å². The summed E-state index contributed by atoms with van der Waals surface area (Å²) >= 11 is 0. The van der Waals surface area contributed by atoms with E-state index in [-0.39, 0.29) is 11.6 Å². The highest BCUT2D eigenvalue weighted by Gasteiger charge is 2.36. The van der Waals surface area contributed by atoms with Crippen molar-refractivity contribution in [1.29, 1.82) is 0 Å². The Morgan fingerprint density at radius 1 is 0.811 bits per heavy atom. The fraction of sp³-hybridized carbons (Fsp3) is 0.615. The van der Waals surface area contributed by atoms with Gasteiger partial charge in [-0.3, -0.25) is 4.90 Å². The molecule has 3 aliphatic rings. The molecule has 2 fully saturated rings. The number of rotatable bonds is 2. The average molecular weight is 530 g/mol. The third-order valence-electron chi connectivity index (χ3n) is 7.35. The van der Waals surface area contributed by atoms with Crippen LogP contribution in [0.5, 0.6) is 0 Å². The molecule has 3 heterocycles. The SMILES string of the molecule is CN1CCc2cnc(N3CCN(C4CCC4)CC3)nc2CC1.Cc1cc(C(F)(F)F)cc(C(F)(F)F)c1. The number of alkyl halides is 6. The number of piperazine rings is 1. The number of halogens is 6. The van der Waals surface area contributed by atoms with Crippen LogP contribution in [0, 0.1) is 6.92 Å². The molecule has 0 unspecified atom stereocenters. The standard InChI is InChI=1S/C17H27N5.C9H6F6/c1-20-7-5-14-13-18-17(19-16(14)6-8-20)22-11-9-21(10-12-22)15-3-2-4-15;1-5-2-6(8(10,11)12)4-7(3-5)9(13,14)15/h13,15H,2-12H2,1H3;2-4H,1H3. The van der Waals surface area contributed by atoms with Gasteiger partial charge in [0.15, 0.2) is 0 Å². The third-order valence-corrected chi connectivity index (χ3v) is 7.35. The molecule has 5 nitrogen and oxygen atoms in total. The van der Waals surface area contributed by atoms with E-state index in [1.54, 1.807) is 0 Å². The van der Waals surface area contributed by atoms with Crippen molar-refractivity contribution in [3.8, 4) is 0 Å². The molecule has 1 saturated heterocycles. The summed E-state index contributed by atoms with van der Waals surface area (Å²) in [5.74, 6) is 0.955. The molecule has 0 atom stereocenters. The third kappa shape index (κ3) is 7.13. The van der Waals surface area contributed by atoms with Crippen LogP contribution in [-0.2, 0) is 25.2 Å². The molecule has 2 aromatic rings. The van der Waals surface area contributed by atoms with E-state index in [0.717, 1.165) is 51.0 Å². The molecular formula is C26H33F6N5. The molecule has 0 spiro atoms. The van der Waals surface area contributed by atoms with E-state index in [0.29, 0.717) is 12.1 Å². The normalized spacial score (nSPS) is 19.9. The maximum atomic E-state index is 12.2. The highest BCUT2D eigenvalue weighted by Crippen LogP contribution is 2.36. The summed E-state index contributed by atoms with van der Waals surface area (Å²) in [7, 11) is 2.19. The molecule has 204 valence electrons. The first-order chi connectivity index (χ1) is 17.4. The maximum Gasteiger partial charge on any atom is 0.416 e. The number of aromatic nitrogens is 2. The van der Waals surface area contributed by atoms with Crippen LogP contribution in [-0.4, -0.2) is 72.1 Å². The highest BCUT2D eigenvalue weighted by molar-refractivity contribution is 5.35. The van der Waals surface area contributed by atoms with Crippen LogP contribution < -0.4 is 4.90 Å². The number of benzene rings is 1. The zero-order valence-electron chi connectivity index (χ0n) is 21.2. The van der Waals surface area contributed by atoms with E-state index < -0.39 is 23.5 Å². The lowest BCUT2D eigenvalue weighted by atomic mass is 9.91. The summed E-state index contributed by atoms with van der Waals surface area (Å²) in [5.41, 5.74) is -0.0150. The molecule has 2 aliphatic heterocycles. The molecule has 1 aliphatic carbocycles. The van der Waals surface area contributed by atoms with Gasteiger partial charge in [0.1, 0.15) is 0 Å². The van der Waals surface area contributed by atoms with Gasteiger partial charge in [-0.25, -0.2) is 9.97 Å². The van der Waals surface area contributed by atoms with Gasteiger partial charge in [0.05, 0.1) is 16.8 Å². The Hall–Kier alpha value is -2.40. The van der Waals surface area contributed by atoms with Gasteiger partial charge >= 0.3 is 12.4 Å². The minimum Gasteiger partial charge on any atom is -0.338 e. The van der Waals surface area contributed by atoms with Crippen LogP contribution in [0.3, 0.4) is 0 Å². The number of hydrogen-bond acceptors (Lipinski definition) is 5. The van der Waals surface area contributed by atoms with Crippen LogP contribution in [0.4, 0.5) is 32.3 Å². The maximum absolute atomic E-state index is 12.2. The predicted molar refractivity (Wildman–Crippen MR) is 130 cm³/mol. The van der Waals surface area contributed by atoms with Gasteiger partial charge in [-0.2, -0.15) is 26.3 Å². The van der Waals surface area contributed by atoms with Crippen molar-refractivity contribution >= 4 is 5.95 Å². The van der Waals surface area contributed by atoms with Gasteiger partial charge in [-0.15, -0.1) is 0 Å². The van der Waals surface area contributed by atoms with E-state index in [1.807, 2.05) is 0 Å². The zero-order chi connectivity index (χ0) is 26.8. The lowest BCUT2D eigenvalue weighted by molar-refractivity contribution is -0.143. The van der Waals surface area contributed by atoms with Crippen LogP contribution >= 0.6 is 0 Å². The Balaban J connectivity index is 0.000000188. The van der Waals surface area contributed by atoms with E-state index in [4.69, 9.17) is 4.98 Å². The van der Waals surface area contributed by atoms with Crippen molar-refractivity contribution in [3.05, 3.63) is 52.3 Å². The summed E-state index contributed by atoms with van der Waals surface area (Å²) < 4.78 is 73.0. The summed E-state index contributed by atoms with van der Waals surface area (Å²) in [6, 6.07) is 2.32. The molecule has 1 aromatic heterocycles. The molecule has 5 rings (SSSR count). The number of fused-ring (bicyclic) bond motifs is 1. The van der Waals surface area contributed by atoms with Gasteiger partial charge < -0.3 is 9.80 Å². The Labute approximate surface area is 213 Å². The van der Waals surface area contributed by atoms with Gasteiger partial charge in [0.2, 0.25) is 5.95 Å². The molecular weight excluding hydrogens is 496 g/mol. The predicted octanol–water partition coefficient (Wildman–Crippen LogP) is 5.21. The fourth-order valence-corrected chi connectivity index (χ4v) is 4.88. The van der Waals surface area contributed by atoms with Gasteiger partial charge in [-0.05, 0) is 62.6 Å². The molecule has 0 N–H and O–H groups in total. The van der Waals surface area contributed by atoms with Crippen molar-refractivity contribution in [2.24, 2.45) is 0 Å². The van der Waals surface area contributed by atoms with Crippen LogP contribution in [0.25, 0.3) is 0 Å². The summed E-state index contributed by atoms with van der Waals surface area (Å²) in [4.78, 5) is 17.0. The van der Waals surface area contributed by atoms with Crippen LogP contribution in [0.15, 0.2) is 24.4 Å². The van der Waals surface area contributed by atoms with E-state index in [1.165, 1.54) is 50.5 Å². The van der Waals surface area contributed by atoms with Gasteiger partial charge in [0.25, 0.3) is 0 Å². The second-order valence-corrected chi connectivity index (χ2v) is 10.1. The lowest BCUT2D eigenvalue weighted by Crippen LogP contribution is -2.52. The number of aryl methyl sites for hydroxylation is 1. The second kappa shape index (κ2) is 11.1. The minimum absolute atomic E-state index is 0.0721. The van der Waals surface area contributed by atoms with Crippen molar-refractivity contribution < 1.29 is 26.3 Å². The Morgan fingerprint density at radius 3 is 1.95 bits per heavy atom. The van der Waals surface area contributed by atoms with Crippen molar-refractivity contribution in [1.82, 2.24) is 19.8 Å². The quantitative estimate of drug-likeness (QED) is 0.499. The highest BCUT2D eigenvalue weighted by atomic mass is 19.4. The average Bonchev–Trinajstić information content (AvgIpc) is 2.98. The second-order valence-electron chi connectivity index (χ2n) is 10.1. The first kappa shape index (κ1) is 27.6. The fourth-order valence-electron chi connectivity index (χ4n) is 4.88. The van der Waals surface area contributed by atoms with Gasteiger partial charge in [-0.1, -0.05) is 6.42 Å². The van der Waals surface area contributed by atoms with E-state index >= 15 is 0 Å². The first-order valence-electron chi connectivity index (χ1n) is 12.7. The smallest absolute Gasteiger partial charge is 0.338 e. The minimum atomic E-state index is -4.76. The molecule has 0 radical (unpaired) electrons. The van der Waals surface area contributed by atoms with Crippen molar-refractivity contribution in [2.75, 3.05) is 51.2 Å². The Kier molecular flexibility index (Phi) is 8.32. The Bertz CT molecular complexity index is 1030. The van der Waals surface area contributed by atoms with E-state index in [9.17, 15) is 26.3 Å². The molecule has 1 saturated carbocycles. The molecule has 1 aromatic carbocycles. The zero-order valence-corrected chi connectivity index (χ0v) is 21.2. The number of anilines is 1. The van der Waals surface area contributed by atoms with Crippen LogP contribution in [0.2, 0.25) is 0 Å². The summed E-state index contributed by atoms with van der Waals surface area (Å²) in [6.07, 6.45) is -1.06. The molecule has 0 bridgehead atoms.